The minimum atomic E-state index is -0.153. The number of ether oxygens (including phenoxy) is 1. The molecule has 1 aliphatic heterocycles. The molecule has 0 atom stereocenters. The van der Waals surface area contributed by atoms with E-state index in [1.807, 2.05) is 0 Å². The number of rotatable bonds is 7. The van der Waals surface area contributed by atoms with Crippen molar-refractivity contribution in [1.29, 1.82) is 0 Å². The SMILES string of the molecule is COCCC1(C(=O)NCCN2CCNCC2)CCCC1.Cl. The number of hydrogen-bond donors (Lipinski definition) is 2. The lowest BCUT2D eigenvalue weighted by Gasteiger charge is -2.30. The van der Waals surface area contributed by atoms with Crippen molar-refractivity contribution in [3.63, 3.8) is 0 Å². The van der Waals surface area contributed by atoms with Gasteiger partial charge in [-0.15, -0.1) is 12.4 Å². The second-order valence-electron chi connectivity index (χ2n) is 6.08. The zero-order valence-corrected chi connectivity index (χ0v) is 14.0. The molecule has 2 aliphatic rings. The van der Waals surface area contributed by atoms with Gasteiger partial charge in [0.1, 0.15) is 0 Å². The van der Waals surface area contributed by atoms with Gasteiger partial charge in [0.15, 0.2) is 0 Å². The first-order valence-corrected chi connectivity index (χ1v) is 7.97. The van der Waals surface area contributed by atoms with Crippen molar-refractivity contribution in [2.75, 3.05) is 53.0 Å². The van der Waals surface area contributed by atoms with E-state index < -0.39 is 0 Å². The third kappa shape index (κ3) is 5.40. The van der Waals surface area contributed by atoms with Gasteiger partial charge in [-0.05, 0) is 19.3 Å². The summed E-state index contributed by atoms with van der Waals surface area (Å²) >= 11 is 0. The van der Waals surface area contributed by atoms with Gasteiger partial charge < -0.3 is 15.4 Å². The molecule has 0 radical (unpaired) electrons. The van der Waals surface area contributed by atoms with Crippen LogP contribution in [0.4, 0.5) is 0 Å². The fourth-order valence-electron chi connectivity index (χ4n) is 3.39. The van der Waals surface area contributed by atoms with Crippen LogP contribution in [-0.2, 0) is 9.53 Å². The zero-order chi connectivity index (χ0) is 14.3. The standard InChI is InChI=1S/C15H29N3O2.ClH/c1-20-13-6-15(4-2-3-5-15)14(19)17-9-12-18-10-7-16-8-11-18;/h16H,2-13H2,1H3,(H,17,19);1H. The normalized spacial score (nSPS) is 21.8. The van der Waals surface area contributed by atoms with Crippen molar-refractivity contribution in [3.05, 3.63) is 0 Å². The van der Waals surface area contributed by atoms with E-state index in [1.54, 1.807) is 7.11 Å². The minimum absolute atomic E-state index is 0. The lowest BCUT2D eigenvalue weighted by molar-refractivity contribution is -0.131. The van der Waals surface area contributed by atoms with Crippen LogP contribution < -0.4 is 10.6 Å². The van der Waals surface area contributed by atoms with Crippen molar-refractivity contribution < 1.29 is 9.53 Å². The average molecular weight is 320 g/mol. The van der Waals surface area contributed by atoms with Crippen LogP contribution in [0, 0.1) is 5.41 Å². The van der Waals surface area contributed by atoms with Crippen LogP contribution in [0.25, 0.3) is 0 Å². The Labute approximate surface area is 134 Å². The molecule has 6 heteroatoms. The van der Waals surface area contributed by atoms with Crippen LogP contribution in [-0.4, -0.2) is 63.8 Å². The highest BCUT2D eigenvalue weighted by atomic mass is 35.5. The Balaban J connectivity index is 0.00000220. The second-order valence-corrected chi connectivity index (χ2v) is 6.08. The first-order chi connectivity index (χ1) is 9.77. The van der Waals surface area contributed by atoms with Crippen molar-refractivity contribution in [2.24, 2.45) is 5.41 Å². The molecule has 2 fully saturated rings. The number of carbonyl (C=O) groups is 1. The quantitative estimate of drug-likeness (QED) is 0.736. The molecule has 0 bridgehead atoms. The van der Waals surface area contributed by atoms with Gasteiger partial charge in [-0.3, -0.25) is 9.69 Å². The molecule has 21 heavy (non-hydrogen) atoms. The lowest BCUT2D eigenvalue weighted by Crippen LogP contribution is -2.48. The number of hydrogen-bond acceptors (Lipinski definition) is 4. The summed E-state index contributed by atoms with van der Waals surface area (Å²) in [4.78, 5) is 14.9. The van der Waals surface area contributed by atoms with Crippen molar-refractivity contribution in [3.8, 4) is 0 Å². The van der Waals surface area contributed by atoms with Gasteiger partial charge in [-0.2, -0.15) is 0 Å². The number of nitrogens with zero attached hydrogens (tertiary/aromatic N) is 1. The van der Waals surface area contributed by atoms with E-state index in [2.05, 4.69) is 15.5 Å². The van der Waals surface area contributed by atoms with Gasteiger partial charge in [-0.1, -0.05) is 12.8 Å². The molecular formula is C15H30ClN3O2. The van der Waals surface area contributed by atoms with Gasteiger partial charge in [-0.25, -0.2) is 0 Å². The van der Waals surface area contributed by atoms with E-state index in [1.165, 1.54) is 12.8 Å². The first kappa shape index (κ1) is 18.7. The highest BCUT2D eigenvalue weighted by Crippen LogP contribution is 2.41. The summed E-state index contributed by atoms with van der Waals surface area (Å²) in [5, 5.41) is 6.51. The molecule has 0 aromatic carbocycles. The summed E-state index contributed by atoms with van der Waals surface area (Å²) in [6, 6.07) is 0. The van der Waals surface area contributed by atoms with Gasteiger partial charge in [0, 0.05) is 53.0 Å². The Bertz CT molecular complexity index is 303. The number of piperazine rings is 1. The van der Waals surface area contributed by atoms with Crippen LogP contribution in [0.5, 0.6) is 0 Å². The van der Waals surface area contributed by atoms with E-state index >= 15 is 0 Å². The summed E-state index contributed by atoms with van der Waals surface area (Å²) in [5.74, 6) is 0.252. The first-order valence-electron chi connectivity index (χ1n) is 7.97. The van der Waals surface area contributed by atoms with E-state index in [-0.39, 0.29) is 23.7 Å². The summed E-state index contributed by atoms with van der Waals surface area (Å²) in [6.45, 7) is 6.72. The number of halogens is 1. The van der Waals surface area contributed by atoms with Gasteiger partial charge in [0.2, 0.25) is 5.91 Å². The van der Waals surface area contributed by atoms with Crippen LogP contribution >= 0.6 is 12.4 Å². The van der Waals surface area contributed by atoms with Gasteiger partial charge in [0.25, 0.3) is 0 Å². The smallest absolute Gasteiger partial charge is 0.226 e. The van der Waals surface area contributed by atoms with E-state index in [0.717, 1.165) is 58.5 Å². The summed E-state index contributed by atoms with van der Waals surface area (Å²) in [7, 11) is 1.71. The molecule has 5 nitrogen and oxygen atoms in total. The van der Waals surface area contributed by atoms with Crippen LogP contribution in [0.2, 0.25) is 0 Å². The van der Waals surface area contributed by atoms with E-state index in [0.29, 0.717) is 6.61 Å². The van der Waals surface area contributed by atoms with Crippen LogP contribution in [0.1, 0.15) is 32.1 Å². The molecule has 1 saturated carbocycles. The van der Waals surface area contributed by atoms with Crippen molar-refractivity contribution in [2.45, 2.75) is 32.1 Å². The molecule has 1 aliphatic carbocycles. The third-order valence-corrected chi connectivity index (χ3v) is 4.75. The maximum absolute atomic E-state index is 12.5. The fourth-order valence-corrected chi connectivity index (χ4v) is 3.39. The predicted octanol–water partition coefficient (Wildman–Crippen LogP) is 1.03. The third-order valence-electron chi connectivity index (χ3n) is 4.75. The van der Waals surface area contributed by atoms with Crippen molar-refractivity contribution in [1.82, 2.24) is 15.5 Å². The van der Waals surface area contributed by atoms with Crippen LogP contribution in [0.3, 0.4) is 0 Å². The summed E-state index contributed by atoms with van der Waals surface area (Å²) < 4.78 is 5.18. The largest absolute Gasteiger partial charge is 0.385 e. The molecule has 0 spiro atoms. The maximum Gasteiger partial charge on any atom is 0.226 e. The Morgan fingerprint density at radius 2 is 1.95 bits per heavy atom. The average Bonchev–Trinajstić information content (AvgIpc) is 2.96. The highest BCUT2D eigenvalue weighted by molar-refractivity contribution is 5.85. The molecule has 0 unspecified atom stereocenters. The summed E-state index contributed by atoms with van der Waals surface area (Å²) in [6.07, 6.45) is 5.26. The Morgan fingerprint density at radius 3 is 2.57 bits per heavy atom. The lowest BCUT2D eigenvalue weighted by atomic mass is 9.82. The fraction of sp³-hybridized carbons (Fsp3) is 0.933. The van der Waals surface area contributed by atoms with Gasteiger partial charge in [0.05, 0.1) is 5.41 Å². The molecular weight excluding hydrogens is 290 g/mol. The Morgan fingerprint density at radius 1 is 1.29 bits per heavy atom. The highest BCUT2D eigenvalue weighted by Gasteiger charge is 2.40. The molecule has 2 N–H and O–H groups in total. The maximum atomic E-state index is 12.5. The minimum Gasteiger partial charge on any atom is -0.385 e. The number of methoxy groups -OCH3 is 1. The monoisotopic (exact) mass is 319 g/mol. The number of carbonyl (C=O) groups excluding carboxylic acids is 1. The summed E-state index contributed by atoms with van der Waals surface area (Å²) in [5.41, 5.74) is -0.153. The molecule has 0 aromatic rings. The molecule has 1 saturated heterocycles. The molecule has 0 aromatic heterocycles. The van der Waals surface area contributed by atoms with Crippen molar-refractivity contribution >= 4 is 18.3 Å². The Hall–Kier alpha value is -0.360. The Kier molecular flexibility index (Phi) is 8.56. The topological polar surface area (TPSA) is 53.6 Å². The van der Waals surface area contributed by atoms with E-state index in [9.17, 15) is 4.79 Å². The zero-order valence-electron chi connectivity index (χ0n) is 13.2. The second kappa shape index (κ2) is 9.62. The van der Waals surface area contributed by atoms with Crippen LogP contribution in [0.15, 0.2) is 0 Å². The number of nitrogens with one attached hydrogen (secondary N) is 2. The molecule has 2 rings (SSSR count). The molecule has 1 amide bonds. The number of amides is 1. The predicted molar refractivity (Wildman–Crippen MR) is 87.0 cm³/mol. The van der Waals surface area contributed by atoms with E-state index in [4.69, 9.17) is 4.74 Å². The molecule has 1 heterocycles. The van der Waals surface area contributed by atoms with Gasteiger partial charge >= 0.3 is 0 Å². The molecule has 124 valence electrons.